The molecule has 0 aromatic heterocycles. The molecule has 4 nitrogen and oxygen atoms in total. The minimum absolute atomic E-state index is 0.176. The van der Waals surface area contributed by atoms with Gasteiger partial charge in [-0.1, -0.05) is 19.9 Å². The predicted molar refractivity (Wildman–Crippen MR) is 79.5 cm³/mol. The van der Waals surface area contributed by atoms with E-state index in [1.807, 2.05) is 20.8 Å². The second-order valence-corrected chi connectivity index (χ2v) is 7.87. The lowest BCUT2D eigenvalue weighted by Crippen LogP contribution is -2.30. The first-order valence-corrected chi connectivity index (χ1v) is 8.29. The molecule has 0 atom stereocenters. The summed E-state index contributed by atoms with van der Waals surface area (Å²) in [4.78, 5) is 0.208. The van der Waals surface area contributed by atoms with Crippen LogP contribution in [0.5, 0.6) is 0 Å². The largest absolute Gasteiger partial charge is 0.392 e. The Morgan fingerprint density at radius 2 is 1.95 bits per heavy atom. The molecular formula is C13H20BrNO3S. The average molecular weight is 350 g/mol. The zero-order valence-corrected chi connectivity index (χ0v) is 14.0. The Morgan fingerprint density at radius 1 is 1.37 bits per heavy atom. The van der Waals surface area contributed by atoms with E-state index in [2.05, 4.69) is 15.9 Å². The third-order valence-electron chi connectivity index (χ3n) is 2.77. The first-order chi connectivity index (χ1) is 8.70. The second-order valence-electron chi connectivity index (χ2n) is 5.06. The molecule has 0 unspecified atom stereocenters. The van der Waals surface area contributed by atoms with Crippen molar-refractivity contribution in [3.63, 3.8) is 0 Å². The van der Waals surface area contributed by atoms with Crippen LogP contribution in [-0.2, 0) is 16.6 Å². The maximum atomic E-state index is 12.5. The second kappa shape index (κ2) is 6.35. The number of halogens is 1. The molecule has 6 heteroatoms. The summed E-state index contributed by atoms with van der Waals surface area (Å²) in [7, 11) is -1.97. The fraction of sp³-hybridized carbons (Fsp3) is 0.538. The van der Waals surface area contributed by atoms with E-state index in [-0.39, 0.29) is 17.4 Å². The molecule has 0 heterocycles. The van der Waals surface area contributed by atoms with Crippen LogP contribution in [0, 0.1) is 12.8 Å². The van der Waals surface area contributed by atoms with Crippen LogP contribution in [0.3, 0.4) is 0 Å². The lowest BCUT2D eigenvalue weighted by Gasteiger charge is -2.21. The number of aliphatic hydroxyl groups excluding tert-OH is 1. The van der Waals surface area contributed by atoms with Crippen LogP contribution >= 0.6 is 15.9 Å². The van der Waals surface area contributed by atoms with Gasteiger partial charge in [0.15, 0.2) is 0 Å². The van der Waals surface area contributed by atoms with Gasteiger partial charge in [0.05, 0.1) is 11.5 Å². The molecule has 1 rings (SSSR count). The molecule has 1 aromatic rings. The Balaban J connectivity index is 3.32. The van der Waals surface area contributed by atoms with Crippen molar-refractivity contribution in [3.05, 3.63) is 27.7 Å². The normalized spacial score (nSPS) is 12.4. The Labute approximate surface area is 123 Å². The molecule has 0 bridgehead atoms. The van der Waals surface area contributed by atoms with Crippen molar-refractivity contribution >= 4 is 26.0 Å². The molecular weight excluding hydrogens is 330 g/mol. The Morgan fingerprint density at radius 3 is 2.42 bits per heavy atom. The molecule has 1 N–H and O–H groups in total. The molecule has 0 amide bonds. The number of aryl methyl sites for hydroxylation is 1. The molecule has 108 valence electrons. The van der Waals surface area contributed by atoms with E-state index < -0.39 is 10.0 Å². The Hall–Kier alpha value is -0.430. The third kappa shape index (κ3) is 3.78. The molecule has 0 radical (unpaired) electrons. The number of rotatable bonds is 5. The van der Waals surface area contributed by atoms with Crippen LogP contribution in [0.4, 0.5) is 0 Å². The van der Waals surface area contributed by atoms with E-state index >= 15 is 0 Å². The smallest absolute Gasteiger partial charge is 0.243 e. The number of benzene rings is 1. The quantitative estimate of drug-likeness (QED) is 0.888. The van der Waals surface area contributed by atoms with E-state index in [1.165, 1.54) is 10.4 Å². The molecule has 19 heavy (non-hydrogen) atoms. The number of nitrogens with zero attached hydrogens (tertiary/aromatic N) is 1. The van der Waals surface area contributed by atoms with Gasteiger partial charge in [-0.2, -0.15) is 0 Å². The molecule has 0 aliphatic carbocycles. The summed E-state index contributed by atoms with van der Waals surface area (Å²) < 4.78 is 26.9. The number of aliphatic hydroxyl groups is 1. The summed E-state index contributed by atoms with van der Waals surface area (Å²) in [6, 6.07) is 3.29. The highest BCUT2D eigenvalue weighted by Crippen LogP contribution is 2.29. The molecule has 0 saturated carbocycles. The van der Waals surface area contributed by atoms with Gasteiger partial charge in [-0.25, -0.2) is 12.7 Å². The van der Waals surface area contributed by atoms with Gasteiger partial charge in [0, 0.05) is 18.1 Å². The fourth-order valence-corrected chi connectivity index (χ4v) is 4.23. The van der Waals surface area contributed by atoms with Crippen molar-refractivity contribution < 1.29 is 13.5 Å². The van der Waals surface area contributed by atoms with Gasteiger partial charge in [0.1, 0.15) is 0 Å². The highest BCUT2D eigenvalue weighted by Gasteiger charge is 2.25. The van der Waals surface area contributed by atoms with Crippen molar-refractivity contribution in [1.29, 1.82) is 0 Å². The van der Waals surface area contributed by atoms with E-state index in [9.17, 15) is 13.5 Å². The Bertz CT molecular complexity index is 555. The minimum Gasteiger partial charge on any atom is -0.392 e. The van der Waals surface area contributed by atoms with E-state index in [0.29, 0.717) is 16.6 Å². The zero-order chi connectivity index (χ0) is 14.8. The summed E-state index contributed by atoms with van der Waals surface area (Å²) in [5.74, 6) is 0.251. The first-order valence-electron chi connectivity index (χ1n) is 6.06. The molecule has 0 saturated heterocycles. The summed E-state index contributed by atoms with van der Waals surface area (Å²) in [5.41, 5.74) is 1.39. The standard InChI is InChI=1S/C13H20BrNO3S/c1-9(2)7-15(4)19(17,18)12-6-11(8-16)5-10(3)13(12)14/h5-6,9,16H,7-8H2,1-4H3. The van der Waals surface area contributed by atoms with Gasteiger partial charge in [-0.05, 0) is 46.0 Å². The molecule has 0 spiro atoms. The van der Waals surface area contributed by atoms with Gasteiger partial charge in [-0.3, -0.25) is 0 Å². The summed E-state index contributed by atoms with van der Waals surface area (Å²) in [6.45, 7) is 6.03. The maximum absolute atomic E-state index is 12.5. The van der Waals surface area contributed by atoms with Gasteiger partial charge in [-0.15, -0.1) is 0 Å². The SMILES string of the molecule is Cc1cc(CO)cc(S(=O)(=O)N(C)CC(C)C)c1Br. The third-order valence-corrected chi connectivity index (χ3v) is 5.94. The van der Waals surface area contributed by atoms with Crippen molar-refractivity contribution in [1.82, 2.24) is 4.31 Å². The van der Waals surface area contributed by atoms with Crippen LogP contribution in [0.1, 0.15) is 25.0 Å². The van der Waals surface area contributed by atoms with Gasteiger partial charge in [0.25, 0.3) is 0 Å². The molecule has 1 aromatic carbocycles. The van der Waals surface area contributed by atoms with Gasteiger partial charge in [0.2, 0.25) is 10.0 Å². The minimum atomic E-state index is -3.54. The van der Waals surface area contributed by atoms with Crippen LogP contribution in [0.25, 0.3) is 0 Å². The van der Waals surface area contributed by atoms with Crippen LogP contribution in [-0.4, -0.2) is 31.4 Å². The number of hydrogen-bond acceptors (Lipinski definition) is 3. The maximum Gasteiger partial charge on any atom is 0.243 e. The highest BCUT2D eigenvalue weighted by atomic mass is 79.9. The number of sulfonamides is 1. The van der Waals surface area contributed by atoms with E-state index in [1.54, 1.807) is 13.1 Å². The van der Waals surface area contributed by atoms with E-state index in [0.717, 1.165) is 5.56 Å². The lowest BCUT2D eigenvalue weighted by atomic mass is 10.1. The fourth-order valence-electron chi connectivity index (χ4n) is 1.87. The molecule has 0 fully saturated rings. The predicted octanol–water partition coefficient (Wildman–Crippen LogP) is 2.53. The summed E-state index contributed by atoms with van der Waals surface area (Å²) >= 11 is 3.33. The zero-order valence-electron chi connectivity index (χ0n) is 11.6. The highest BCUT2D eigenvalue weighted by molar-refractivity contribution is 9.10. The topological polar surface area (TPSA) is 57.6 Å². The van der Waals surface area contributed by atoms with Gasteiger partial charge >= 0.3 is 0 Å². The van der Waals surface area contributed by atoms with Crippen LogP contribution in [0.15, 0.2) is 21.5 Å². The van der Waals surface area contributed by atoms with Crippen LogP contribution < -0.4 is 0 Å². The summed E-state index contributed by atoms with van der Waals surface area (Å²) in [5, 5.41) is 9.20. The monoisotopic (exact) mass is 349 g/mol. The van der Waals surface area contributed by atoms with Crippen molar-refractivity contribution in [3.8, 4) is 0 Å². The van der Waals surface area contributed by atoms with Crippen LogP contribution in [0.2, 0.25) is 0 Å². The van der Waals surface area contributed by atoms with Gasteiger partial charge < -0.3 is 5.11 Å². The lowest BCUT2D eigenvalue weighted by molar-refractivity contribution is 0.281. The first kappa shape index (κ1) is 16.6. The molecule has 0 aliphatic rings. The van der Waals surface area contributed by atoms with Crippen molar-refractivity contribution in [2.45, 2.75) is 32.3 Å². The Kier molecular flexibility index (Phi) is 5.55. The number of hydrogen-bond donors (Lipinski definition) is 1. The van der Waals surface area contributed by atoms with Crippen molar-refractivity contribution in [2.75, 3.05) is 13.6 Å². The average Bonchev–Trinajstić information content (AvgIpc) is 2.31. The summed E-state index contributed by atoms with van der Waals surface area (Å²) in [6.07, 6.45) is 0. The molecule has 0 aliphatic heterocycles. The van der Waals surface area contributed by atoms with E-state index in [4.69, 9.17) is 0 Å². The van der Waals surface area contributed by atoms with Crippen molar-refractivity contribution in [2.24, 2.45) is 5.92 Å².